The molecule has 162 valence electrons. The van der Waals surface area contributed by atoms with Crippen molar-refractivity contribution < 1.29 is 14.3 Å². The summed E-state index contributed by atoms with van der Waals surface area (Å²) in [6.07, 6.45) is 1.57. The average Bonchev–Trinajstić information content (AvgIpc) is 3.17. The summed E-state index contributed by atoms with van der Waals surface area (Å²) in [7, 11) is 2.07. The molecule has 7 nitrogen and oxygen atoms in total. The van der Waals surface area contributed by atoms with Crippen LogP contribution in [-0.4, -0.2) is 53.6 Å². The van der Waals surface area contributed by atoms with Crippen LogP contribution in [0.3, 0.4) is 0 Å². The number of halogens is 2. The highest BCUT2D eigenvalue weighted by Gasteiger charge is 2.31. The standard InChI is InChI=1S/C22H22Cl2N4O3/c1-28-5-4-13(9-18(28)21-26-16-3-2-12(23)8-17(16)27-21)25-22(29)14-10-19-20(11-15(14)24)31-7-6-30-19/h2-3,8,10-11,13,18H,4-7,9H2,1H3,(H,25,29)(H,26,27)/t13-,18-/m1/s1. The van der Waals surface area contributed by atoms with Crippen LogP contribution in [0.25, 0.3) is 11.0 Å². The second kappa shape index (κ2) is 8.22. The van der Waals surface area contributed by atoms with E-state index in [9.17, 15) is 4.79 Å². The number of imidazole rings is 1. The number of likely N-dealkylation sites (tertiary alicyclic amines) is 1. The van der Waals surface area contributed by atoms with E-state index in [-0.39, 0.29) is 18.0 Å². The molecule has 9 heteroatoms. The average molecular weight is 461 g/mol. The number of aromatic nitrogens is 2. The zero-order valence-corrected chi connectivity index (χ0v) is 18.5. The van der Waals surface area contributed by atoms with Gasteiger partial charge in [0, 0.05) is 23.7 Å². The molecule has 2 aliphatic heterocycles. The maximum absolute atomic E-state index is 13.0. The number of hydrogen-bond donors (Lipinski definition) is 2. The molecule has 2 atom stereocenters. The Morgan fingerprint density at radius 3 is 2.77 bits per heavy atom. The van der Waals surface area contributed by atoms with Crippen LogP contribution >= 0.6 is 23.2 Å². The second-order valence-electron chi connectivity index (χ2n) is 7.95. The summed E-state index contributed by atoms with van der Waals surface area (Å²) in [5, 5.41) is 4.14. The lowest BCUT2D eigenvalue weighted by atomic mass is 9.96. The van der Waals surface area contributed by atoms with Gasteiger partial charge in [-0.15, -0.1) is 0 Å². The Balaban J connectivity index is 1.33. The topological polar surface area (TPSA) is 79.5 Å². The van der Waals surface area contributed by atoms with Gasteiger partial charge in [-0.1, -0.05) is 23.2 Å². The number of ether oxygens (including phenoxy) is 2. The minimum Gasteiger partial charge on any atom is -0.486 e. The van der Waals surface area contributed by atoms with E-state index in [4.69, 9.17) is 37.7 Å². The number of amides is 1. The van der Waals surface area contributed by atoms with E-state index in [1.54, 1.807) is 12.1 Å². The molecule has 2 aromatic carbocycles. The highest BCUT2D eigenvalue weighted by Crippen LogP contribution is 2.36. The van der Waals surface area contributed by atoms with Gasteiger partial charge in [0.05, 0.1) is 27.7 Å². The molecule has 1 fully saturated rings. The number of rotatable bonds is 3. The lowest BCUT2D eigenvalue weighted by molar-refractivity contribution is 0.0883. The molecule has 0 spiro atoms. The first-order valence-electron chi connectivity index (χ1n) is 10.2. The SMILES string of the molecule is CN1CC[C@@H](NC(=O)c2cc3c(cc2Cl)OCCO3)C[C@@H]1c1nc2cc(Cl)ccc2[nH]1. The van der Waals surface area contributed by atoms with Crippen molar-refractivity contribution in [2.45, 2.75) is 24.9 Å². The van der Waals surface area contributed by atoms with Gasteiger partial charge in [0.2, 0.25) is 0 Å². The summed E-state index contributed by atoms with van der Waals surface area (Å²) in [5.41, 5.74) is 2.17. The van der Waals surface area contributed by atoms with Crippen LogP contribution in [-0.2, 0) is 0 Å². The van der Waals surface area contributed by atoms with Crippen molar-refractivity contribution in [3.63, 3.8) is 0 Å². The number of benzene rings is 2. The maximum Gasteiger partial charge on any atom is 0.253 e. The van der Waals surface area contributed by atoms with Crippen molar-refractivity contribution in [3.05, 3.63) is 51.8 Å². The largest absolute Gasteiger partial charge is 0.486 e. The van der Waals surface area contributed by atoms with Gasteiger partial charge in [-0.05, 0) is 44.2 Å². The molecule has 2 aliphatic rings. The lowest BCUT2D eigenvalue weighted by Crippen LogP contribution is -2.45. The first-order valence-corrected chi connectivity index (χ1v) is 11.0. The molecule has 2 N–H and O–H groups in total. The summed E-state index contributed by atoms with van der Waals surface area (Å²) in [6.45, 7) is 1.76. The fourth-order valence-corrected chi connectivity index (χ4v) is 4.60. The quantitative estimate of drug-likeness (QED) is 0.611. The Morgan fingerprint density at radius 1 is 1.19 bits per heavy atom. The molecule has 0 radical (unpaired) electrons. The zero-order chi connectivity index (χ0) is 21.5. The number of H-pyrrole nitrogens is 1. The van der Waals surface area contributed by atoms with Crippen LogP contribution in [0, 0.1) is 0 Å². The van der Waals surface area contributed by atoms with Gasteiger partial charge in [-0.3, -0.25) is 9.69 Å². The molecule has 0 saturated carbocycles. The van der Waals surface area contributed by atoms with E-state index >= 15 is 0 Å². The predicted octanol–water partition coefficient (Wildman–Crippen LogP) is 4.21. The fourth-order valence-electron chi connectivity index (χ4n) is 4.19. The van der Waals surface area contributed by atoms with Crippen LogP contribution in [0.2, 0.25) is 10.0 Å². The van der Waals surface area contributed by atoms with E-state index in [1.165, 1.54) is 0 Å². The summed E-state index contributed by atoms with van der Waals surface area (Å²) < 4.78 is 11.1. The highest BCUT2D eigenvalue weighted by atomic mass is 35.5. The summed E-state index contributed by atoms with van der Waals surface area (Å²) >= 11 is 12.4. The van der Waals surface area contributed by atoms with Crippen molar-refractivity contribution >= 4 is 40.1 Å². The zero-order valence-electron chi connectivity index (χ0n) is 17.0. The molecule has 0 unspecified atom stereocenters. The van der Waals surface area contributed by atoms with E-state index < -0.39 is 0 Å². The normalized spacial score (nSPS) is 21.3. The lowest BCUT2D eigenvalue weighted by Gasteiger charge is -2.36. The van der Waals surface area contributed by atoms with E-state index in [0.717, 1.165) is 36.2 Å². The van der Waals surface area contributed by atoms with Gasteiger partial charge < -0.3 is 19.8 Å². The molecule has 1 amide bonds. The van der Waals surface area contributed by atoms with Gasteiger partial charge in [-0.25, -0.2) is 4.98 Å². The first kappa shape index (κ1) is 20.4. The molecular formula is C22H22Cl2N4O3. The van der Waals surface area contributed by atoms with Crippen molar-refractivity contribution in [3.8, 4) is 11.5 Å². The van der Waals surface area contributed by atoms with Crippen LogP contribution in [0.1, 0.15) is 35.1 Å². The minimum absolute atomic E-state index is 0.00484. The molecular weight excluding hydrogens is 439 g/mol. The van der Waals surface area contributed by atoms with Crippen molar-refractivity contribution in [2.24, 2.45) is 0 Å². The number of carbonyl (C=O) groups excluding carboxylic acids is 1. The fraction of sp³-hybridized carbons (Fsp3) is 0.364. The van der Waals surface area contributed by atoms with Crippen molar-refractivity contribution in [1.82, 2.24) is 20.2 Å². The predicted molar refractivity (Wildman–Crippen MR) is 119 cm³/mol. The van der Waals surface area contributed by atoms with E-state index in [0.29, 0.717) is 40.3 Å². The maximum atomic E-state index is 13.0. The van der Waals surface area contributed by atoms with Crippen LogP contribution in [0.5, 0.6) is 11.5 Å². The van der Waals surface area contributed by atoms with Crippen molar-refractivity contribution in [1.29, 1.82) is 0 Å². The number of carbonyl (C=O) groups is 1. The number of fused-ring (bicyclic) bond motifs is 2. The Hall–Kier alpha value is -2.48. The summed E-state index contributed by atoms with van der Waals surface area (Å²) in [6, 6.07) is 8.97. The first-order chi connectivity index (χ1) is 15.0. The van der Waals surface area contributed by atoms with E-state index in [1.807, 2.05) is 18.2 Å². The number of aromatic amines is 1. The highest BCUT2D eigenvalue weighted by molar-refractivity contribution is 6.34. The van der Waals surface area contributed by atoms with Crippen LogP contribution in [0.4, 0.5) is 0 Å². The molecule has 1 aromatic heterocycles. The molecule has 31 heavy (non-hydrogen) atoms. The monoisotopic (exact) mass is 460 g/mol. The van der Waals surface area contributed by atoms with E-state index in [2.05, 4.69) is 22.2 Å². The van der Waals surface area contributed by atoms with Gasteiger partial charge in [0.1, 0.15) is 19.0 Å². The summed E-state index contributed by atoms with van der Waals surface area (Å²) in [4.78, 5) is 23.4. The van der Waals surface area contributed by atoms with Crippen LogP contribution < -0.4 is 14.8 Å². The minimum atomic E-state index is -0.216. The van der Waals surface area contributed by atoms with Gasteiger partial charge in [-0.2, -0.15) is 0 Å². The molecule has 3 heterocycles. The van der Waals surface area contributed by atoms with Gasteiger partial charge in [0.25, 0.3) is 5.91 Å². The third-order valence-electron chi connectivity index (χ3n) is 5.86. The molecule has 0 aliphatic carbocycles. The smallest absolute Gasteiger partial charge is 0.253 e. The Bertz CT molecular complexity index is 1150. The molecule has 1 saturated heterocycles. The Morgan fingerprint density at radius 2 is 1.97 bits per heavy atom. The number of nitrogens with zero attached hydrogens (tertiary/aromatic N) is 2. The van der Waals surface area contributed by atoms with Crippen molar-refractivity contribution in [2.75, 3.05) is 26.8 Å². The van der Waals surface area contributed by atoms with Gasteiger partial charge >= 0.3 is 0 Å². The molecule has 3 aromatic rings. The number of hydrogen-bond acceptors (Lipinski definition) is 5. The number of nitrogens with one attached hydrogen (secondary N) is 2. The Labute approximate surface area is 189 Å². The number of piperidine rings is 1. The molecule has 5 rings (SSSR count). The van der Waals surface area contributed by atoms with Gasteiger partial charge in [0.15, 0.2) is 11.5 Å². The third kappa shape index (κ3) is 4.05. The second-order valence-corrected chi connectivity index (χ2v) is 8.79. The summed E-state index contributed by atoms with van der Waals surface area (Å²) in [5.74, 6) is 1.77. The third-order valence-corrected chi connectivity index (χ3v) is 6.41. The Kier molecular flexibility index (Phi) is 5.42. The molecule has 0 bridgehead atoms. The van der Waals surface area contributed by atoms with Crippen LogP contribution in [0.15, 0.2) is 30.3 Å².